The quantitative estimate of drug-likeness (QED) is 0.0261. The number of hydrogen-bond donors (Lipinski definition) is 0. The Hall–Kier alpha value is -3.15. The molecule has 0 saturated carbocycles. The predicted octanol–water partition coefficient (Wildman–Crippen LogP) is 20.5. The average Bonchev–Trinajstić information content (AvgIpc) is 3.37. The molecule has 0 radical (unpaired) electrons. The van der Waals surface area contributed by atoms with E-state index in [9.17, 15) is 14.4 Å². The van der Waals surface area contributed by atoms with Crippen molar-refractivity contribution in [2.75, 3.05) is 13.2 Å². The maximum absolute atomic E-state index is 12.9. The highest BCUT2D eigenvalue weighted by atomic mass is 16.6. The van der Waals surface area contributed by atoms with Crippen molar-refractivity contribution in [3.8, 4) is 0 Å². The van der Waals surface area contributed by atoms with Gasteiger partial charge >= 0.3 is 17.9 Å². The number of rotatable bonds is 55. The molecule has 0 aromatic carbocycles. The van der Waals surface area contributed by atoms with Gasteiger partial charge in [0.2, 0.25) is 0 Å². The smallest absolute Gasteiger partial charge is 0.306 e. The molecule has 0 spiro atoms. The minimum absolute atomic E-state index is 0.0971. The highest BCUT2D eigenvalue weighted by Gasteiger charge is 2.19. The van der Waals surface area contributed by atoms with Crippen LogP contribution in [0.2, 0.25) is 0 Å². The molecule has 0 rings (SSSR count). The van der Waals surface area contributed by atoms with Crippen LogP contribution in [0.15, 0.2) is 72.9 Å². The summed E-state index contributed by atoms with van der Waals surface area (Å²) in [4.78, 5) is 38.2. The fraction of sp³-hybridized carbons (Fsp3) is 0.769. The molecule has 0 aliphatic heterocycles. The van der Waals surface area contributed by atoms with Gasteiger partial charge in [0.1, 0.15) is 13.2 Å². The maximum atomic E-state index is 12.9. The summed E-state index contributed by atoms with van der Waals surface area (Å²) >= 11 is 0. The summed E-state index contributed by atoms with van der Waals surface area (Å²) in [6, 6.07) is 0. The van der Waals surface area contributed by atoms with Crippen molar-refractivity contribution in [3.05, 3.63) is 72.9 Å². The maximum Gasteiger partial charge on any atom is 0.306 e. The van der Waals surface area contributed by atoms with E-state index in [0.717, 1.165) is 96.3 Å². The number of hydrogen-bond acceptors (Lipinski definition) is 6. The topological polar surface area (TPSA) is 78.9 Å². The summed E-state index contributed by atoms with van der Waals surface area (Å²) in [6.45, 7) is 6.56. The van der Waals surface area contributed by atoms with Crippen molar-refractivity contribution in [1.29, 1.82) is 0 Å². The van der Waals surface area contributed by atoms with Gasteiger partial charge in [0.25, 0.3) is 0 Å². The summed E-state index contributed by atoms with van der Waals surface area (Å²) in [6.07, 6.45) is 76.1. The fourth-order valence-corrected chi connectivity index (χ4v) is 8.57. The van der Waals surface area contributed by atoms with Crippen molar-refractivity contribution in [1.82, 2.24) is 0 Å². The van der Waals surface area contributed by atoms with Crippen LogP contribution >= 0.6 is 0 Å². The van der Waals surface area contributed by atoms with Crippen LogP contribution in [0, 0.1) is 0 Å². The molecule has 71 heavy (non-hydrogen) atoms. The van der Waals surface area contributed by atoms with Crippen LogP contribution < -0.4 is 0 Å². The molecule has 0 bridgehead atoms. The van der Waals surface area contributed by atoms with Gasteiger partial charge in [-0.3, -0.25) is 14.4 Å². The van der Waals surface area contributed by atoms with E-state index in [0.29, 0.717) is 19.3 Å². The van der Waals surface area contributed by atoms with E-state index in [1.807, 2.05) is 0 Å². The number of carbonyl (C=O) groups excluding carboxylic acids is 3. The summed E-state index contributed by atoms with van der Waals surface area (Å²) < 4.78 is 16.9. The molecule has 410 valence electrons. The van der Waals surface area contributed by atoms with Gasteiger partial charge in [0.05, 0.1) is 0 Å². The second kappa shape index (κ2) is 59.4. The molecule has 1 atom stereocenters. The molecular formula is C65H114O6. The van der Waals surface area contributed by atoms with Gasteiger partial charge in [-0.15, -0.1) is 0 Å². The molecule has 0 unspecified atom stereocenters. The van der Waals surface area contributed by atoms with Crippen LogP contribution in [0.4, 0.5) is 0 Å². The van der Waals surface area contributed by atoms with Crippen molar-refractivity contribution >= 4 is 17.9 Å². The molecule has 6 heteroatoms. The van der Waals surface area contributed by atoms with E-state index in [-0.39, 0.29) is 31.1 Å². The van der Waals surface area contributed by atoms with E-state index in [4.69, 9.17) is 14.2 Å². The van der Waals surface area contributed by atoms with Gasteiger partial charge < -0.3 is 14.2 Å². The average molecular weight is 992 g/mol. The van der Waals surface area contributed by atoms with E-state index in [1.54, 1.807) is 0 Å². The van der Waals surface area contributed by atoms with Crippen LogP contribution in [0.1, 0.15) is 303 Å². The normalized spacial score (nSPS) is 12.5. The number of ether oxygens (including phenoxy) is 3. The van der Waals surface area contributed by atoms with Crippen LogP contribution in [0.5, 0.6) is 0 Å². The van der Waals surface area contributed by atoms with E-state index in [1.165, 1.54) is 167 Å². The van der Waals surface area contributed by atoms with Gasteiger partial charge in [0.15, 0.2) is 6.10 Å². The predicted molar refractivity (Wildman–Crippen MR) is 307 cm³/mol. The van der Waals surface area contributed by atoms with Crippen molar-refractivity contribution in [3.63, 3.8) is 0 Å². The molecular weight excluding hydrogens is 877 g/mol. The van der Waals surface area contributed by atoms with Crippen LogP contribution in [0.25, 0.3) is 0 Å². The highest BCUT2D eigenvalue weighted by molar-refractivity contribution is 5.71. The standard InChI is InChI=1S/C65H114O6/c1-4-7-10-13-16-19-22-25-28-30-31-32-33-35-38-41-44-47-50-53-56-59-65(68)71-62(60-69-63(66)57-54-51-48-45-42-39-36-27-24-21-18-15-12-9-6-3)61-70-64(67)58-55-52-49-46-43-40-37-34-29-26-23-20-17-14-11-8-5-2/h17-18,20-21,26-27,29,36-37,40,42,45,62H,4-16,19,22-25,28,30-35,38-39,41,43-44,46-61H2,1-3H3/b20-17-,21-18-,29-26-,36-27-,40-37-,45-42-/t62-/m0/s1. The zero-order valence-corrected chi connectivity index (χ0v) is 47.0. The van der Waals surface area contributed by atoms with Crippen LogP contribution in [-0.2, 0) is 28.6 Å². The van der Waals surface area contributed by atoms with Crippen molar-refractivity contribution in [2.45, 2.75) is 309 Å². The first-order chi connectivity index (χ1) is 35.0. The van der Waals surface area contributed by atoms with Gasteiger partial charge in [-0.25, -0.2) is 0 Å². The highest BCUT2D eigenvalue weighted by Crippen LogP contribution is 2.16. The lowest BCUT2D eigenvalue weighted by Gasteiger charge is -2.18. The van der Waals surface area contributed by atoms with E-state index < -0.39 is 6.10 Å². The first-order valence-electron chi connectivity index (χ1n) is 30.4. The summed E-state index contributed by atoms with van der Waals surface area (Å²) in [5.41, 5.74) is 0. The molecule has 0 aliphatic rings. The molecule has 0 saturated heterocycles. The van der Waals surface area contributed by atoms with Gasteiger partial charge in [-0.05, 0) is 96.3 Å². The van der Waals surface area contributed by atoms with E-state index in [2.05, 4.69) is 93.7 Å². The third-order valence-corrected chi connectivity index (χ3v) is 13.2. The second-order valence-corrected chi connectivity index (χ2v) is 20.3. The van der Waals surface area contributed by atoms with Gasteiger partial charge in [0, 0.05) is 19.3 Å². The number of unbranched alkanes of at least 4 members (excludes halogenated alkanes) is 32. The first kappa shape index (κ1) is 67.8. The molecule has 0 amide bonds. The lowest BCUT2D eigenvalue weighted by molar-refractivity contribution is -0.167. The Labute approximate surface area is 440 Å². The minimum Gasteiger partial charge on any atom is -0.462 e. The molecule has 0 aromatic heterocycles. The molecule has 0 N–H and O–H groups in total. The Balaban J connectivity index is 4.42. The van der Waals surface area contributed by atoms with Gasteiger partial charge in [-0.2, -0.15) is 0 Å². The SMILES string of the molecule is CCCCC/C=C\C/C=C\C/C=C\CCCCCCC(=O)OC[C@H](COC(=O)CCCC/C=C\C/C=C\C/C=C\CCCCC)OC(=O)CCCCCCCCCCCCCCCCCCCCCCC. The third-order valence-electron chi connectivity index (χ3n) is 13.2. The Kier molecular flexibility index (Phi) is 56.8. The molecule has 0 aromatic rings. The zero-order chi connectivity index (χ0) is 51.4. The van der Waals surface area contributed by atoms with E-state index >= 15 is 0 Å². The first-order valence-corrected chi connectivity index (χ1v) is 30.4. The summed E-state index contributed by atoms with van der Waals surface area (Å²) in [5, 5.41) is 0. The monoisotopic (exact) mass is 991 g/mol. The second-order valence-electron chi connectivity index (χ2n) is 20.3. The van der Waals surface area contributed by atoms with Crippen molar-refractivity contribution in [2.24, 2.45) is 0 Å². The Morgan fingerprint density at radius 2 is 0.507 bits per heavy atom. The Morgan fingerprint density at radius 1 is 0.282 bits per heavy atom. The molecule has 6 nitrogen and oxygen atoms in total. The Morgan fingerprint density at radius 3 is 0.845 bits per heavy atom. The Bertz CT molecular complexity index is 1320. The summed E-state index contributed by atoms with van der Waals surface area (Å²) in [5.74, 6) is -0.943. The van der Waals surface area contributed by atoms with Crippen molar-refractivity contribution < 1.29 is 28.6 Å². The molecule has 0 aliphatic carbocycles. The fourth-order valence-electron chi connectivity index (χ4n) is 8.57. The zero-order valence-electron chi connectivity index (χ0n) is 47.0. The number of allylic oxidation sites excluding steroid dienone is 12. The molecule has 0 fully saturated rings. The lowest BCUT2D eigenvalue weighted by Crippen LogP contribution is -2.30. The van der Waals surface area contributed by atoms with Crippen LogP contribution in [0.3, 0.4) is 0 Å². The number of carbonyl (C=O) groups is 3. The third kappa shape index (κ3) is 57.6. The summed E-state index contributed by atoms with van der Waals surface area (Å²) in [7, 11) is 0. The minimum atomic E-state index is -0.800. The largest absolute Gasteiger partial charge is 0.462 e. The van der Waals surface area contributed by atoms with Gasteiger partial charge in [-0.1, -0.05) is 261 Å². The molecule has 0 heterocycles. The number of esters is 3. The lowest BCUT2D eigenvalue weighted by atomic mass is 10.0. The van der Waals surface area contributed by atoms with Crippen LogP contribution in [-0.4, -0.2) is 37.2 Å².